The summed E-state index contributed by atoms with van der Waals surface area (Å²) in [5, 5.41) is 8.55. The monoisotopic (exact) mass is 394 g/mol. The summed E-state index contributed by atoms with van der Waals surface area (Å²) in [5.74, 6) is 1.23. The second-order valence-corrected chi connectivity index (χ2v) is 7.34. The van der Waals surface area contributed by atoms with Crippen LogP contribution in [0.5, 0.6) is 5.75 Å². The lowest BCUT2D eigenvalue weighted by Crippen LogP contribution is -2.43. The number of urea groups is 1. The molecule has 0 aliphatic carbocycles. The number of amides is 2. The van der Waals surface area contributed by atoms with Gasteiger partial charge < -0.3 is 14.4 Å². The molecule has 29 heavy (non-hydrogen) atoms. The standard InChI is InChI=1S/C22H26N4O3/c1-16(2)29-19-10-6-9-18-20(19)21(23-22(27)25-11-13-28-14-12-25)24-26(18)15-17-7-4-3-5-8-17/h3-10,16H,11-15H2,1-2H3,(H,23,24,27). The van der Waals surface area contributed by atoms with Gasteiger partial charge in [0.15, 0.2) is 5.82 Å². The molecular formula is C22H26N4O3. The molecular weight excluding hydrogens is 368 g/mol. The molecule has 1 aliphatic heterocycles. The zero-order valence-electron chi connectivity index (χ0n) is 16.8. The fourth-order valence-corrected chi connectivity index (χ4v) is 3.46. The molecule has 2 aromatic carbocycles. The number of nitrogens with zero attached hydrogens (tertiary/aromatic N) is 3. The van der Waals surface area contributed by atoms with Crippen LogP contribution in [0.15, 0.2) is 48.5 Å². The molecule has 1 aliphatic rings. The number of hydrogen-bond acceptors (Lipinski definition) is 4. The van der Waals surface area contributed by atoms with Gasteiger partial charge in [0, 0.05) is 13.1 Å². The Kier molecular flexibility index (Phi) is 5.67. The molecule has 1 saturated heterocycles. The van der Waals surface area contributed by atoms with E-state index in [-0.39, 0.29) is 12.1 Å². The lowest BCUT2D eigenvalue weighted by atomic mass is 10.2. The third-order valence-electron chi connectivity index (χ3n) is 4.80. The average Bonchev–Trinajstić information content (AvgIpc) is 3.07. The highest BCUT2D eigenvalue weighted by Gasteiger charge is 2.22. The van der Waals surface area contributed by atoms with E-state index in [0.717, 1.165) is 16.5 Å². The van der Waals surface area contributed by atoms with Crippen LogP contribution in [0.3, 0.4) is 0 Å². The van der Waals surface area contributed by atoms with E-state index in [1.54, 1.807) is 4.90 Å². The van der Waals surface area contributed by atoms with Gasteiger partial charge in [-0.2, -0.15) is 5.10 Å². The maximum Gasteiger partial charge on any atom is 0.323 e. The Morgan fingerprint density at radius 3 is 2.62 bits per heavy atom. The van der Waals surface area contributed by atoms with Crippen molar-refractivity contribution in [2.45, 2.75) is 26.5 Å². The summed E-state index contributed by atoms with van der Waals surface area (Å²) in [5.41, 5.74) is 2.06. The molecule has 4 rings (SSSR count). The van der Waals surface area contributed by atoms with Crippen molar-refractivity contribution in [3.8, 4) is 5.75 Å². The van der Waals surface area contributed by atoms with E-state index < -0.39 is 0 Å². The van der Waals surface area contributed by atoms with Crippen molar-refractivity contribution in [1.82, 2.24) is 14.7 Å². The zero-order chi connectivity index (χ0) is 20.2. The van der Waals surface area contributed by atoms with Crippen molar-refractivity contribution in [1.29, 1.82) is 0 Å². The van der Waals surface area contributed by atoms with Gasteiger partial charge in [-0.15, -0.1) is 0 Å². The third kappa shape index (κ3) is 4.35. The first-order chi connectivity index (χ1) is 14.1. The van der Waals surface area contributed by atoms with Gasteiger partial charge in [-0.3, -0.25) is 10.00 Å². The van der Waals surface area contributed by atoms with Crippen molar-refractivity contribution >= 4 is 22.8 Å². The Labute approximate surface area is 170 Å². The number of hydrogen-bond donors (Lipinski definition) is 1. The van der Waals surface area contributed by atoms with E-state index in [2.05, 4.69) is 17.4 Å². The first kappa shape index (κ1) is 19.3. The van der Waals surface area contributed by atoms with Crippen LogP contribution in [0.25, 0.3) is 10.9 Å². The van der Waals surface area contributed by atoms with Crippen LogP contribution in [0, 0.1) is 0 Å². The number of aromatic nitrogens is 2. The summed E-state index contributed by atoms with van der Waals surface area (Å²) in [4.78, 5) is 14.5. The lowest BCUT2D eigenvalue weighted by Gasteiger charge is -2.26. The Bertz CT molecular complexity index is 978. The molecule has 0 radical (unpaired) electrons. The predicted molar refractivity (Wildman–Crippen MR) is 112 cm³/mol. The van der Waals surface area contributed by atoms with Gasteiger partial charge in [0.25, 0.3) is 0 Å². The molecule has 1 aromatic heterocycles. The Balaban J connectivity index is 1.71. The molecule has 0 atom stereocenters. The molecule has 1 N–H and O–H groups in total. The van der Waals surface area contributed by atoms with Crippen molar-refractivity contribution in [2.75, 3.05) is 31.6 Å². The van der Waals surface area contributed by atoms with E-state index in [4.69, 9.17) is 14.6 Å². The molecule has 1 fully saturated rings. The Morgan fingerprint density at radius 1 is 1.14 bits per heavy atom. The van der Waals surface area contributed by atoms with Crippen LogP contribution in [-0.4, -0.2) is 53.1 Å². The van der Waals surface area contributed by atoms with Crippen LogP contribution in [-0.2, 0) is 11.3 Å². The van der Waals surface area contributed by atoms with Crippen molar-refractivity contribution < 1.29 is 14.3 Å². The largest absolute Gasteiger partial charge is 0.490 e. The number of fused-ring (bicyclic) bond motifs is 1. The van der Waals surface area contributed by atoms with E-state index in [0.29, 0.717) is 44.4 Å². The Hall–Kier alpha value is -3.06. The quantitative estimate of drug-likeness (QED) is 0.716. The van der Waals surface area contributed by atoms with Gasteiger partial charge in [0.05, 0.1) is 36.8 Å². The molecule has 0 spiro atoms. The van der Waals surface area contributed by atoms with Crippen molar-refractivity contribution in [2.24, 2.45) is 0 Å². The molecule has 7 heteroatoms. The van der Waals surface area contributed by atoms with Gasteiger partial charge in [0.1, 0.15) is 5.75 Å². The minimum absolute atomic E-state index is 0.0147. The van der Waals surface area contributed by atoms with Crippen LogP contribution in [0.1, 0.15) is 19.4 Å². The molecule has 152 valence electrons. The first-order valence-corrected chi connectivity index (χ1v) is 9.95. The van der Waals surface area contributed by atoms with Gasteiger partial charge in [-0.05, 0) is 31.5 Å². The van der Waals surface area contributed by atoms with E-state index in [9.17, 15) is 4.79 Å². The predicted octanol–water partition coefficient (Wildman–Crippen LogP) is 3.74. The van der Waals surface area contributed by atoms with Crippen LogP contribution in [0.4, 0.5) is 10.6 Å². The van der Waals surface area contributed by atoms with Crippen LogP contribution >= 0.6 is 0 Å². The summed E-state index contributed by atoms with van der Waals surface area (Å²) in [6.45, 7) is 6.83. The number of ether oxygens (including phenoxy) is 2. The topological polar surface area (TPSA) is 68.6 Å². The highest BCUT2D eigenvalue weighted by Crippen LogP contribution is 2.33. The zero-order valence-corrected chi connectivity index (χ0v) is 16.8. The van der Waals surface area contributed by atoms with Crippen LogP contribution in [0.2, 0.25) is 0 Å². The first-order valence-electron chi connectivity index (χ1n) is 9.95. The average molecular weight is 394 g/mol. The molecule has 7 nitrogen and oxygen atoms in total. The number of nitrogens with one attached hydrogen (secondary N) is 1. The maximum absolute atomic E-state index is 12.8. The number of benzene rings is 2. The molecule has 0 bridgehead atoms. The Morgan fingerprint density at radius 2 is 1.90 bits per heavy atom. The smallest absolute Gasteiger partial charge is 0.323 e. The van der Waals surface area contributed by atoms with Gasteiger partial charge >= 0.3 is 6.03 Å². The summed E-state index contributed by atoms with van der Waals surface area (Å²) < 4.78 is 13.3. The molecule has 0 saturated carbocycles. The molecule has 2 heterocycles. The van der Waals surface area contributed by atoms with E-state index in [1.165, 1.54) is 0 Å². The van der Waals surface area contributed by atoms with E-state index >= 15 is 0 Å². The van der Waals surface area contributed by atoms with Crippen LogP contribution < -0.4 is 10.1 Å². The summed E-state index contributed by atoms with van der Waals surface area (Å²) in [7, 11) is 0. The normalized spacial score (nSPS) is 14.4. The molecule has 0 unspecified atom stereocenters. The summed E-state index contributed by atoms with van der Waals surface area (Å²) in [6.07, 6.45) is 0.0147. The van der Waals surface area contributed by atoms with Crippen molar-refractivity contribution in [3.63, 3.8) is 0 Å². The number of morpholine rings is 1. The third-order valence-corrected chi connectivity index (χ3v) is 4.80. The van der Waals surface area contributed by atoms with Crippen molar-refractivity contribution in [3.05, 3.63) is 54.1 Å². The summed E-state index contributed by atoms with van der Waals surface area (Å²) in [6, 6.07) is 15.8. The number of carbonyl (C=O) groups excluding carboxylic acids is 1. The highest BCUT2D eigenvalue weighted by atomic mass is 16.5. The fraction of sp³-hybridized carbons (Fsp3) is 0.364. The number of anilines is 1. The van der Waals surface area contributed by atoms with Gasteiger partial charge in [-0.1, -0.05) is 36.4 Å². The number of rotatable bonds is 5. The number of carbonyl (C=O) groups is 1. The minimum atomic E-state index is -0.168. The molecule has 3 aromatic rings. The molecule has 2 amide bonds. The SMILES string of the molecule is CC(C)Oc1cccc2c1c(NC(=O)N1CCOCC1)nn2Cc1ccccc1. The second kappa shape index (κ2) is 8.53. The van der Waals surface area contributed by atoms with E-state index in [1.807, 2.05) is 54.9 Å². The van der Waals surface area contributed by atoms with Gasteiger partial charge in [0.2, 0.25) is 0 Å². The fourth-order valence-electron chi connectivity index (χ4n) is 3.46. The lowest BCUT2D eigenvalue weighted by molar-refractivity contribution is 0.0564. The van der Waals surface area contributed by atoms with Gasteiger partial charge in [-0.25, -0.2) is 4.79 Å². The second-order valence-electron chi connectivity index (χ2n) is 7.34. The highest BCUT2D eigenvalue weighted by molar-refractivity contribution is 6.02. The maximum atomic E-state index is 12.8. The minimum Gasteiger partial charge on any atom is -0.490 e. The summed E-state index contributed by atoms with van der Waals surface area (Å²) >= 11 is 0.